The van der Waals surface area contributed by atoms with E-state index in [1.807, 2.05) is 19.0 Å². The van der Waals surface area contributed by atoms with Gasteiger partial charge < -0.3 is 15.5 Å². The summed E-state index contributed by atoms with van der Waals surface area (Å²) in [6, 6.07) is 0.319. The second kappa shape index (κ2) is 6.12. The molecule has 0 aromatic carbocycles. The second-order valence-electron chi connectivity index (χ2n) is 5.26. The largest absolute Gasteiger partial charge is 0.337 e. The number of amides is 1. The van der Waals surface area contributed by atoms with Crippen molar-refractivity contribution in [3.05, 3.63) is 11.9 Å². The molecule has 1 aromatic heterocycles. The van der Waals surface area contributed by atoms with E-state index in [0.29, 0.717) is 18.3 Å². The summed E-state index contributed by atoms with van der Waals surface area (Å²) in [6.45, 7) is 2.35. The molecule has 0 saturated carbocycles. The molecule has 0 aliphatic carbocycles. The predicted molar refractivity (Wildman–Crippen MR) is 71.2 cm³/mol. The number of aromatic nitrogens is 3. The third-order valence-corrected chi connectivity index (χ3v) is 3.37. The summed E-state index contributed by atoms with van der Waals surface area (Å²) in [4.78, 5) is 16.4. The predicted octanol–water partition coefficient (Wildman–Crippen LogP) is -0.711. The molecule has 2 N–H and O–H groups in total. The van der Waals surface area contributed by atoms with E-state index >= 15 is 0 Å². The lowest BCUT2D eigenvalue weighted by atomic mass is 10.2. The minimum atomic E-state index is 0.109. The summed E-state index contributed by atoms with van der Waals surface area (Å²) < 4.78 is 1.57. The molecule has 1 aliphatic heterocycles. The smallest absolute Gasteiger partial charge is 0.244 e. The summed E-state index contributed by atoms with van der Waals surface area (Å²) in [5.74, 6) is 0.109. The molecule has 106 valence electrons. The first-order valence-corrected chi connectivity index (χ1v) is 6.63. The highest BCUT2D eigenvalue weighted by atomic mass is 16.2. The van der Waals surface area contributed by atoms with Crippen LogP contribution in [0.25, 0.3) is 0 Å². The van der Waals surface area contributed by atoms with Crippen LogP contribution in [0.4, 0.5) is 0 Å². The maximum atomic E-state index is 12.3. The molecule has 1 aliphatic rings. The van der Waals surface area contributed by atoms with Crippen LogP contribution in [0, 0.1) is 0 Å². The zero-order chi connectivity index (χ0) is 13.8. The maximum absolute atomic E-state index is 12.3. The van der Waals surface area contributed by atoms with E-state index in [2.05, 4.69) is 15.2 Å². The molecule has 0 bridgehead atoms. The van der Waals surface area contributed by atoms with Gasteiger partial charge in [-0.1, -0.05) is 5.21 Å². The minimum Gasteiger partial charge on any atom is -0.337 e. The molecule has 1 unspecified atom stereocenters. The van der Waals surface area contributed by atoms with Crippen LogP contribution < -0.4 is 5.73 Å². The Labute approximate surface area is 113 Å². The Kier molecular flexibility index (Phi) is 4.49. The third kappa shape index (κ3) is 3.51. The summed E-state index contributed by atoms with van der Waals surface area (Å²) in [5.41, 5.74) is 6.18. The lowest BCUT2D eigenvalue weighted by Gasteiger charge is -2.27. The van der Waals surface area contributed by atoms with Crippen LogP contribution in [-0.4, -0.2) is 63.9 Å². The van der Waals surface area contributed by atoms with Crippen LogP contribution >= 0.6 is 0 Å². The molecule has 1 aromatic rings. The zero-order valence-electron chi connectivity index (χ0n) is 11.6. The summed E-state index contributed by atoms with van der Waals surface area (Å²) in [5, 5.41) is 7.80. The van der Waals surface area contributed by atoms with E-state index in [4.69, 9.17) is 5.73 Å². The standard InChI is InChI=1S/C12H22N6O/c1-16(2)8-11-4-3-5-18(11)12(19)9-17-7-10(6-13)14-15-17/h7,11H,3-6,8-9,13H2,1-2H3. The number of likely N-dealkylation sites (tertiary alicyclic amines) is 1. The van der Waals surface area contributed by atoms with E-state index in [9.17, 15) is 4.79 Å². The average molecular weight is 266 g/mol. The SMILES string of the molecule is CN(C)CC1CCCN1C(=O)Cn1cc(CN)nn1. The summed E-state index contributed by atoms with van der Waals surface area (Å²) in [6.07, 6.45) is 3.89. The van der Waals surface area contributed by atoms with Crippen molar-refractivity contribution < 1.29 is 4.79 Å². The van der Waals surface area contributed by atoms with E-state index < -0.39 is 0 Å². The van der Waals surface area contributed by atoms with Gasteiger partial charge >= 0.3 is 0 Å². The lowest BCUT2D eigenvalue weighted by molar-refractivity contribution is -0.133. The Morgan fingerprint density at radius 3 is 3.00 bits per heavy atom. The fraction of sp³-hybridized carbons (Fsp3) is 0.750. The van der Waals surface area contributed by atoms with Crippen molar-refractivity contribution in [2.45, 2.75) is 32.0 Å². The van der Waals surface area contributed by atoms with Crippen molar-refractivity contribution in [3.63, 3.8) is 0 Å². The molecule has 2 rings (SSSR count). The fourth-order valence-electron chi connectivity index (χ4n) is 2.51. The molecule has 7 nitrogen and oxygen atoms in total. The van der Waals surface area contributed by atoms with Crippen molar-refractivity contribution in [1.82, 2.24) is 24.8 Å². The molecule has 1 fully saturated rings. The Balaban J connectivity index is 1.94. The van der Waals surface area contributed by atoms with E-state index in [-0.39, 0.29) is 12.5 Å². The number of hydrogen-bond donors (Lipinski definition) is 1. The van der Waals surface area contributed by atoms with Crippen LogP contribution in [0.1, 0.15) is 18.5 Å². The van der Waals surface area contributed by atoms with E-state index in [0.717, 1.165) is 25.9 Å². The minimum absolute atomic E-state index is 0.109. The van der Waals surface area contributed by atoms with Crippen molar-refractivity contribution in [2.75, 3.05) is 27.2 Å². The molecule has 19 heavy (non-hydrogen) atoms. The van der Waals surface area contributed by atoms with Gasteiger partial charge in [0.15, 0.2) is 0 Å². The second-order valence-corrected chi connectivity index (χ2v) is 5.26. The van der Waals surface area contributed by atoms with E-state index in [1.165, 1.54) is 0 Å². The highest BCUT2D eigenvalue weighted by Gasteiger charge is 2.29. The maximum Gasteiger partial charge on any atom is 0.244 e. The van der Waals surface area contributed by atoms with Gasteiger partial charge in [-0.05, 0) is 26.9 Å². The molecular weight excluding hydrogens is 244 g/mol. The average Bonchev–Trinajstić information content (AvgIpc) is 2.97. The van der Waals surface area contributed by atoms with Crippen LogP contribution in [0.5, 0.6) is 0 Å². The Hall–Kier alpha value is -1.47. The normalized spacial score (nSPS) is 19.4. The first-order valence-electron chi connectivity index (χ1n) is 6.63. The lowest BCUT2D eigenvalue weighted by Crippen LogP contribution is -2.42. The molecule has 1 saturated heterocycles. The molecule has 2 heterocycles. The van der Waals surface area contributed by atoms with Gasteiger partial charge in [0.25, 0.3) is 0 Å². The van der Waals surface area contributed by atoms with Crippen LogP contribution in [0.2, 0.25) is 0 Å². The number of hydrogen-bond acceptors (Lipinski definition) is 5. The molecule has 1 atom stereocenters. The van der Waals surface area contributed by atoms with Crippen molar-refractivity contribution in [3.8, 4) is 0 Å². The van der Waals surface area contributed by atoms with Gasteiger partial charge in [-0.3, -0.25) is 4.79 Å². The molecular formula is C12H22N6O. The quantitative estimate of drug-likeness (QED) is 0.761. The molecule has 0 spiro atoms. The van der Waals surface area contributed by atoms with Crippen molar-refractivity contribution in [2.24, 2.45) is 5.73 Å². The summed E-state index contributed by atoms with van der Waals surface area (Å²) in [7, 11) is 4.07. The number of nitrogens with zero attached hydrogens (tertiary/aromatic N) is 5. The first kappa shape index (κ1) is 14.0. The van der Waals surface area contributed by atoms with Gasteiger partial charge in [-0.25, -0.2) is 4.68 Å². The Morgan fingerprint density at radius 1 is 1.58 bits per heavy atom. The number of carbonyl (C=O) groups is 1. The van der Waals surface area contributed by atoms with Crippen LogP contribution in [0.15, 0.2) is 6.20 Å². The number of likely N-dealkylation sites (N-methyl/N-ethyl adjacent to an activating group) is 1. The van der Waals surface area contributed by atoms with Gasteiger partial charge in [0.2, 0.25) is 5.91 Å². The fourth-order valence-corrected chi connectivity index (χ4v) is 2.51. The van der Waals surface area contributed by atoms with Crippen LogP contribution in [0.3, 0.4) is 0 Å². The Morgan fingerprint density at radius 2 is 2.37 bits per heavy atom. The monoisotopic (exact) mass is 266 g/mol. The van der Waals surface area contributed by atoms with E-state index in [1.54, 1.807) is 10.9 Å². The topological polar surface area (TPSA) is 80.3 Å². The highest BCUT2D eigenvalue weighted by molar-refractivity contribution is 5.76. The third-order valence-electron chi connectivity index (χ3n) is 3.37. The van der Waals surface area contributed by atoms with Crippen molar-refractivity contribution in [1.29, 1.82) is 0 Å². The molecule has 7 heteroatoms. The molecule has 1 amide bonds. The van der Waals surface area contributed by atoms with Gasteiger partial charge in [-0.15, -0.1) is 5.10 Å². The van der Waals surface area contributed by atoms with Crippen LogP contribution in [-0.2, 0) is 17.9 Å². The van der Waals surface area contributed by atoms with Gasteiger partial charge in [0.05, 0.1) is 11.9 Å². The first-order chi connectivity index (χ1) is 9.10. The molecule has 0 radical (unpaired) electrons. The van der Waals surface area contributed by atoms with Gasteiger partial charge in [-0.2, -0.15) is 0 Å². The zero-order valence-corrected chi connectivity index (χ0v) is 11.6. The van der Waals surface area contributed by atoms with Gasteiger partial charge in [0, 0.05) is 25.7 Å². The highest BCUT2D eigenvalue weighted by Crippen LogP contribution is 2.18. The number of nitrogens with two attached hydrogens (primary N) is 1. The number of rotatable bonds is 5. The number of carbonyl (C=O) groups excluding carboxylic acids is 1. The van der Waals surface area contributed by atoms with Gasteiger partial charge in [0.1, 0.15) is 6.54 Å². The Bertz CT molecular complexity index is 430. The summed E-state index contributed by atoms with van der Waals surface area (Å²) >= 11 is 0. The van der Waals surface area contributed by atoms with Crippen molar-refractivity contribution >= 4 is 5.91 Å².